The van der Waals surface area contributed by atoms with Crippen LogP contribution in [-0.4, -0.2) is 30.1 Å². The highest BCUT2D eigenvalue weighted by molar-refractivity contribution is 8.03. The largest absolute Gasteiger partial charge is 0.465 e. The van der Waals surface area contributed by atoms with Crippen molar-refractivity contribution in [2.75, 3.05) is 17.7 Å². The number of nitrogens with zero attached hydrogens (tertiary/aromatic N) is 1. The third-order valence-electron chi connectivity index (χ3n) is 4.71. The third-order valence-corrected chi connectivity index (χ3v) is 5.73. The number of esters is 1. The topological polar surface area (TPSA) is 108 Å². The van der Waals surface area contributed by atoms with Crippen LogP contribution in [0.25, 0.3) is 0 Å². The van der Waals surface area contributed by atoms with E-state index in [1.54, 1.807) is 37.3 Å². The Kier molecular flexibility index (Phi) is 7.63. The number of anilines is 1. The lowest BCUT2D eigenvalue weighted by atomic mass is 9.78. The van der Waals surface area contributed by atoms with Crippen molar-refractivity contribution in [3.05, 3.63) is 76.6 Å². The summed E-state index contributed by atoms with van der Waals surface area (Å²) in [5.74, 6) is -5.28. The minimum absolute atomic E-state index is 0.00901. The molecule has 1 heterocycles. The molecule has 164 valence electrons. The van der Waals surface area contributed by atoms with Crippen molar-refractivity contribution in [3.63, 3.8) is 0 Å². The lowest BCUT2D eigenvalue weighted by Crippen LogP contribution is -2.44. The van der Waals surface area contributed by atoms with E-state index in [1.807, 2.05) is 12.1 Å². The van der Waals surface area contributed by atoms with Gasteiger partial charge in [0.15, 0.2) is 0 Å². The number of nitriles is 1. The number of hydrogen-bond acceptors (Lipinski definition) is 6. The fourth-order valence-electron chi connectivity index (χ4n) is 3.34. The van der Waals surface area contributed by atoms with Gasteiger partial charge in [0.05, 0.1) is 29.0 Å². The van der Waals surface area contributed by atoms with E-state index in [0.29, 0.717) is 5.69 Å². The second-order valence-corrected chi connectivity index (χ2v) is 7.76. The molecule has 0 aliphatic carbocycles. The van der Waals surface area contributed by atoms with Gasteiger partial charge < -0.3 is 15.4 Å². The Labute approximate surface area is 188 Å². The molecule has 32 heavy (non-hydrogen) atoms. The van der Waals surface area contributed by atoms with Crippen LogP contribution in [0.15, 0.2) is 65.2 Å². The molecule has 9 heteroatoms. The fourth-order valence-corrected chi connectivity index (χ4v) is 4.19. The zero-order valence-corrected chi connectivity index (χ0v) is 17.9. The Morgan fingerprint density at radius 2 is 1.88 bits per heavy atom. The summed E-state index contributed by atoms with van der Waals surface area (Å²) in [6.45, 7) is 1.61. The van der Waals surface area contributed by atoms with E-state index in [4.69, 9.17) is 4.74 Å². The van der Waals surface area contributed by atoms with E-state index in [9.17, 15) is 24.0 Å². The van der Waals surface area contributed by atoms with Crippen LogP contribution in [0.2, 0.25) is 0 Å². The van der Waals surface area contributed by atoms with Crippen molar-refractivity contribution in [2.24, 2.45) is 5.92 Å². The number of carbonyl (C=O) groups excluding carboxylic acids is 3. The van der Waals surface area contributed by atoms with Gasteiger partial charge in [-0.1, -0.05) is 48.2 Å². The van der Waals surface area contributed by atoms with Crippen LogP contribution in [0, 0.1) is 23.1 Å². The SMILES string of the molecule is CCOC(=O)[C@H]1C(=O)NC(SCC(=O)Nc2ccccc2)=C(C#N)[C@H]1c1ccccc1F. The van der Waals surface area contributed by atoms with Crippen molar-refractivity contribution in [1.29, 1.82) is 5.26 Å². The van der Waals surface area contributed by atoms with Crippen molar-refractivity contribution in [3.8, 4) is 6.07 Å². The van der Waals surface area contributed by atoms with Gasteiger partial charge >= 0.3 is 5.97 Å². The maximum atomic E-state index is 14.6. The quantitative estimate of drug-likeness (QED) is 0.492. The van der Waals surface area contributed by atoms with Gasteiger partial charge in [-0.2, -0.15) is 5.26 Å². The molecule has 1 aliphatic rings. The Balaban J connectivity index is 1.92. The van der Waals surface area contributed by atoms with E-state index in [-0.39, 0.29) is 34.4 Å². The van der Waals surface area contributed by atoms with Gasteiger partial charge in [-0.15, -0.1) is 0 Å². The Morgan fingerprint density at radius 3 is 2.53 bits per heavy atom. The first-order valence-electron chi connectivity index (χ1n) is 9.80. The number of halogens is 1. The van der Waals surface area contributed by atoms with Gasteiger partial charge in [-0.25, -0.2) is 4.39 Å². The molecule has 0 saturated heterocycles. The minimum Gasteiger partial charge on any atom is -0.465 e. The molecule has 0 unspecified atom stereocenters. The summed E-state index contributed by atoms with van der Waals surface area (Å²) in [5.41, 5.74) is 0.626. The van der Waals surface area contributed by atoms with Gasteiger partial charge in [0.1, 0.15) is 11.7 Å². The van der Waals surface area contributed by atoms with Crippen LogP contribution in [0.4, 0.5) is 10.1 Å². The van der Waals surface area contributed by atoms with E-state index in [0.717, 1.165) is 11.8 Å². The fraction of sp³-hybridized carbons (Fsp3) is 0.217. The molecule has 3 rings (SSSR count). The molecule has 0 spiro atoms. The highest BCUT2D eigenvalue weighted by Crippen LogP contribution is 2.41. The molecule has 1 aliphatic heterocycles. The van der Waals surface area contributed by atoms with E-state index in [1.165, 1.54) is 18.2 Å². The van der Waals surface area contributed by atoms with Gasteiger partial charge in [0, 0.05) is 11.6 Å². The number of ether oxygens (including phenoxy) is 1. The van der Waals surface area contributed by atoms with Crippen molar-refractivity contribution in [2.45, 2.75) is 12.8 Å². The second kappa shape index (κ2) is 10.6. The predicted octanol–water partition coefficient (Wildman–Crippen LogP) is 3.33. The molecule has 0 saturated carbocycles. The first kappa shape index (κ1) is 23.0. The van der Waals surface area contributed by atoms with Crippen LogP contribution in [0.5, 0.6) is 0 Å². The smallest absolute Gasteiger partial charge is 0.319 e. The van der Waals surface area contributed by atoms with Gasteiger partial charge in [0.2, 0.25) is 11.8 Å². The maximum absolute atomic E-state index is 14.6. The standard InChI is InChI=1S/C23H20FN3O4S/c1-2-31-23(30)20-19(15-10-6-7-11-17(15)24)16(12-25)22(27-21(20)29)32-13-18(28)26-14-8-4-3-5-9-14/h3-11,19-20H,2,13H2,1H3,(H,26,28)(H,27,29)/t19-,20-/m1/s1. The monoisotopic (exact) mass is 453 g/mol. The average molecular weight is 453 g/mol. The molecule has 7 nitrogen and oxygen atoms in total. The zero-order valence-electron chi connectivity index (χ0n) is 17.1. The number of carbonyl (C=O) groups is 3. The predicted molar refractivity (Wildman–Crippen MR) is 118 cm³/mol. The molecule has 2 N–H and O–H groups in total. The summed E-state index contributed by atoms with van der Waals surface area (Å²) in [6.07, 6.45) is 0. The number of amides is 2. The third kappa shape index (κ3) is 5.15. The first-order valence-corrected chi connectivity index (χ1v) is 10.8. The summed E-state index contributed by atoms with van der Waals surface area (Å²) in [6, 6.07) is 16.4. The number of rotatable bonds is 7. The van der Waals surface area contributed by atoms with Gasteiger partial charge in [0.25, 0.3) is 0 Å². The van der Waals surface area contributed by atoms with Gasteiger partial charge in [-0.05, 0) is 30.7 Å². The number of benzene rings is 2. The number of allylic oxidation sites excluding steroid dienone is 1. The highest BCUT2D eigenvalue weighted by atomic mass is 32.2. The van der Waals surface area contributed by atoms with E-state index >= 15 is 0 Å². The summed E-state index contributed by atoms with van der Waals surface area (Å²) in [4.78, 5) is 37.7. The minimum atomic E-state index is -1.43. The number of thioether (sulfide) groups is 1. The summed E-state index contributed by atoms with van der Waals surface area (Å²) in [5, 5.41) is 15.2. The van der Waals surface area contributed by atoms with Crippen LogP contribution >= 0.6 is 11.8 Å². The highest BCUT2D eigenvalue weighted by Gasteiger charge is 2.45. The molecular weight excluding hydrogens is 433 g/mol. The van der Waals surface area contributed by atoms with Crippen molar-refractivity contribution < 1.29 is 23.5 Å². The molecule has 2 aromatic rings. The van der Waals surface area contributed by atoms with E-state index < -0.39 is 29.5 Å². The average Bonchev–Trinajstić information content (AvgIpc) is 2.78. The first-order chi connectivity index (χ1) is 15.5. The second-order valence-electron chi connectivity index (χ2n) is 6.78. The lowest BCUT2D eigenvalue weighted by Gasteiger charge is -2.31. The Morgan fingerprint density at radius 1 is 1.19 bits per heavy atom. The van der Waals surface area contributed by atoms with Crippen LogP contribution in [-0.2, 0) is 19.1 Å². The summed E-state index contributed by atoms with van der Waals surface area (Å²) in [7, 11) is 0. The molecule has 0 radical (unpaired) electrons. The summed E-state index contributed by atoms with van der Waals surface area (Å²) < 4.78 is 19.6. The molecule has 2 atom stereocenters. The van der Waals surface area contributed by atoms with Gasteiger partial charge in [-0.3, -0.25) is 14.4 Å². The number of hydrogen-bond donors (Lipinski definition) is 2. The summed E-state index contributed by atoms with van der Waals surface area (Å²) >= 11 is 0.931. The molecule has 2 aromatic carbocycles. The van der Waals surface area contributed by atoms with Crippen LogP contribution in [0.3, 0.4) is 0 Å². The van der Waals surface area contributed by atoms with Crippen molar-refractivity contribution in [1.82, 2.24) is 5.32 Å². The van der Waals surface area contributed by atoms with E-state index in [2.05, 4.69) is 10.6 Å². The normalized spacial score (nSPS) is 17.8. The lowest BCUT2D eigenvalue weighted by molar-refractivity contribution is -0.152. The maximum Gasteiger partial charge on any atom is 0.319 e. The van der Waals surface area contributed by atoms with Crippen molar-refractivity contribution >= 4 is 35.2 Å². The van der Waals surface area contributed by atoms with Crippen LogP contribution < -0.4 is 10.6 Å². The Hall–Kier alpha value is -3.64. The number of para-hydroxylation sites is 1. The molecule has 0 bridgehead atoms. The Bertz CT molecular complexity index is 1100. The molecule has 2 amide bonds. The molecule has 0 fully saturated rings. The van der Waals surface area contributed by atoms with Crippen LogP contribution in [0.1, 0.15) is 18.4 Å². The zero-order chi connectivity index (χ0) is 23.1. The molecular formula is C23H20FN3O4S. The number of nitrogens with one attached hydrogen (secondary N) is 2. The molecule has 0 aromatic heterocycles.